The monoisotopic (exact) mass is 347 g/mol. The first-order valence-electron chi connectivity index (χ1n) is 8.32. The van der Waals surface area contributed by atoms with Crippen molar-refractivity contribution in [1.82, 2.24) is 19.7 Å². The SMILES string of the molecule is CCCN(CC(=O)Nc1cc(Cl)ccc1-n1cncn1)CC1CC1. The zero-order valence-electron chi connectivity index (χ0n) is 13.8. The van der Waals surface area contributed by atoms with Crippen molar-refractivity contribution in [3.8, 4) is 5.69 Å². The number of nitrogens with zero attached hydrogens (tertiary/aromatic N) is 4. The van der Waals surface area contributed by atoms with Crippen molar-refractivity contribution in [3.05, 3.63) is 35.9 Å². The van der Waals surface area contributed by atoms with E-state index in [0.29, 0.717) is 17.3 Å². The van der Waals surface area contributed by atoms with Crippen LogP contribution in [0.15, 0.2) is 30.9 Å². The first-order chi connectivity index (χ1) is 11.7. The van der Waals surface area contributed by atoms with Gasteiger partial charge in [0.15, 0.2) is 0 Å². The Kier molecular flexibility index (Phi) is 5.48. The largest absolute Gasteiger partial charge is 0.323 e. The highest BCUT2D eigenvalue weighted by Crippen LogP contribution is 2.30. The molecule has 0 aliphatic heterocycles. The summed E-state index contributed by atoms with van der Waals surface area (Å²) in [6, 6.07) is 5.33. The molecule has 1 aromatic heterocycles. The van der Waals surface area contributed by atoms with Crippen LogP contribution < -0.4 is 5.32 Å². The standard InChI is InChI=1S/C17H22ClN5O/c1-2-7-22(9-13-3-4-13)10-17(24)21-15-8-14(18)5-6-16(15)23-12-19-11-20-23/h5-6,8,11-13H,2-4,7,9-10H2,1H3,(H,21,24). The van der Waals surface area contributed by atoms with Crippen molar-refractivity contribution in [3.63, 3.8) is 0 Å². The number of rotatable bonds is 8. The number of amides is 1. The van der Waals surface area contributed by atoms with Gasteiger partial charge in [0, 0.05) is 11.6 Å². The summed E-state index contributed by atoms with van der Waals surface area (Å²) in [6.07, 6.45) is 6.66. The molecular formula is C17H22ClN5O. The minimum Gasteiger partial charge on any atom is -0.323 e. The lowest BCUT2D eigenvalue weighted by Gasteiger charge is -2.21. The van der Waals surface area contributed by atoms with Crippen LogP contribution in [-0.4, -0.2) is 45.2 Å². The van der Waals surface area contributed by atoms with Gasteiger partial charge in [-0.2, -0.15) is 5.10 Å². The van der Waals surface area contributed by atoms with E-state index in [-0.39, 0.29) is 5.91 Å². The van der Waals surface area contributed by atoms with Gasteiger partial charge in [-0.1, -0.05) is 18.5 Å². The molecule has 1 amide bonds. The highest BCUT2D eigenvalue weighted by molar-refractivity contribution is 6.31. The predicted octanol–water partition coefficient (Wildman–Crippen LogP) is 2.98. The highest BCUT2D eigenvalue weighted by Gasteiger charge is 2.25. The van der Waals surface area contributed by atoms with Crippen LogP contribution in [0, 0.1) is 5.92 Å². The van der Waals surface area contributed by atoms with Gasteiger partial charge in [0.25, 0.3) is 0 Å². The van der Waals surface area contributed by atoms with E-state index in [2.05, 4.69) is 27.2 Å². The van der Waals surface area contributed by atoms with E-state index in [9.17, 15) is 4.79 Å². The number of hydrogen-bond acceptors (Lipinski definition) is 4. The Hall–Kier alpha value is -1.92. The Morgan fingerprint density at radius 3 is 2.96 bits per heavy atom. The molecule has 0 atom stereocenters. The van der Waals surface area contributed by atoms with Crippen LogP contribution in [0.25, 0.3) is 5.69 Å². The molecule has 1 aliphatic rings. The molecule has 2 aromatic rings. The fraction of sp³-hybridized carbons (Fsp3) is 0.471. The van der Waals surface area contributed by atoms with Crippen molar-refractivity contribution < 1.29 is 4.79 Å². The van der Waals surface area contributed by atoms with E-state index in [1.165, 1.54) is 19.2 Å². The molecule has 0 saturated heterocycles. The zero-order valence-corrected chi connectivity index (χ0v) is 14.5. The Bertz CT molecular complexity index is 684. The second kappa shape index (κ2) is 7.77. The molecule has 7 heteroatoms. The van der Waals surface area contributed by atoms with Gasteiger partial charge in [-0.25, -0.2) is 9.67 Å². The Balaban J connectivity index is 1.70. The van der Waals surface area contributed by atoms with E-state index in [4.69, 9.17) is 11.6 Å². The van der Waals surface area contributed by atoms with Crippen molar-refractivity contribution in [2.24, 2.45) is 5.92 Å². The van der Waals surface area contributed by atoms with Crippen molar-refractivity contribution in [2.75, 3.05) is 25.0 Å². The Morgan fingerprint density at radius 2 is 2.29 bits per heavy atom. The van der Waals surface area contributed by atoms with Crippen LogP contribution in [0.5, 0.6) is 0 Å². The molecular weight excluding hydrogens is 326 g/mol. The van der Waals surface area contributed by atoms with Gasteiger partial charge in [-0.15, -0.1) is 0 Å². The van der Waals surface area contributed by atoms with Crippen LogP contribution in [-0.2, 0) is 4.79 Å². The van der Waals surface area contributed by atoms with Crippen LogP contribution in [0.3, 0.4) is 0 Å². The predicted molar refractivity (Wildman–Crippen MR) is 94.5 cm³/mol. The summed E-state index contributed by atoms with van der Waals surface area (Å²) in [5, 5.41) is 7.66. The van der Waals surface area contributed by atoms with E-state index < -0.39 is 0 Å². The fourth-order valence-electron chi connectivity index (χ4n) is 2.75. The molecule has 6 nitrogen and oxygen atoms in total. The summed E-state index contributed by atoms with van der Waals surface area (Å²) in [6.45, 7) is 4.48. The molecule has 1 fully saturated rings. The molecule has 0 bridgehead atoms. The Morgan fingerprint density at radius 1 is 1.46 bits per heavy atom. The lowest BCUT2D eigenvalue weighted by atomic mass is 10.2. The van der Waals surface area contributed by atoms with Crippen LogP contribution in [0.2, 0.25) is 5.02 Å². The molecule has 128 valence electrons. The average molecular weight is 348 g/mol. The van der Waals surface area contributed by atoms with Gasteiger partial charge < -0.3 is 5.32 Å². The molecule has 0 spiro atoms. The highest BCUT2D eigenvalue weighted by atomic mass is 35.5. The second-order valence-electron chi connectivity index (χ2n) is 6.23. The first-order valence-corrected chi connectivity index (χ1v) is 8.70. The molecule has 0 radical (unpaired) electrons. The molecule has 3 rings (SSSR count). The van der Waals surface area contributed by atoms with Crippen molar-refractivity contribution in [2.45, 2.75) is 26.2 Å². The number of anilines is 1. The quantitative estimate of drug-likeness (QED) is 0.797. The van der Waals surface area contributed by atoms with Crippen LogP contribution in [0.4, 0.5) is 5.69 Å². The van der Waals surface area contributed by atoms with Crippen LogP contribution >= 0.6 is 11.6 Å². The van der Waals surface area contributed by atoms with Gasteiger partial charge >= 0.3 is 0 Å². The number of halogens is 1. The third-order valence-electron chi connectivity index (χ3n) is 4.02. The molecule has 1 aliphatic carbocycles. The summed E-state index contributed by atoms with van der Waals surface area (Å²) in [5.74, 6) is 0.731. The van der Waals surface area contributed by atoms with E-state index in [1.807, 2.05) is 6.07 Å². The van der Waals surface area contributed by atoms with Gasteiger partial charge in [-0.05, 0) is 49.9 Å². The lowest BCUT2D eigenvalue weighted by Crippen LogP contribution is -2.35. The van der Waals surface area contributed by atoms with Gasteiger partial charge in [0.1, 0.15) is 12.7 Å². The molecule has 1 N–H and O–H groups in total. The normalized spacial score (nSPS) is 14.1. The average Bonchev–Trinajstić information content (AvgIpc) is 3.18. The van der Waals surface area contributed by atoms with Crippen molar-refractivity contribution >= 4 is 23.2 Å². The molecule has 0 unspecified atom stereocenters. The summed E-state index contributed by atoms with van der Waals surface area (Å²) < 4.78 is 1.61. The minimum atomic E-state index is -0.0345. The van der Waals surface area contributed by atoms with Crippen LogP contribution in [0.1, 0.15) is 26.2 Å². The molecule has 1 saturated carbocycles. The number of carbonyl (C=O) groups is 1. The third-order valence-corrected chi connectivity index (χ3v) is 4.25. The number of hydrogen-bond donors (Lipinski definition) is 1. The summed E-state index contributed by atoms with van der Waals surface area (Å²) in [4.78, 5) is 18.7. The summed E-state index contributed by atoms with van der Waals surface area (Å²) in [7, 11) is 0. The first kappa shape index (κ1) is 16.9. The number of aromatic nitrogens is 3. The second-order valence-corrected chi connectivity index (χ2v) is 6.66. The maximum atomic E-state index is 12.5. The summed E-state index contributed by atoms with van der Waals surface area (Å²) >= 11 is 6.09. The lowest BCUT2D eigenvalue weighted by molar-refractivity contribution is -0.117. The topological polar surface area (TPSA) is 63.1 Å². The van der Waals surface area contributed by atoms with Gasteiger partial charge in [-0.3, -0.25) is 9.69 Å². The number of carbonyl (C=O) groups excluding carboxylic acids is 1. The van der Waals surface area contributed by atoms with Gasteiger partial charge in [0.2, 0.25) is 5.91 Å². The zero-order chi connectivity index (χ0) is 16.9. The van der Waals surface area contributed by atoms with Gasteiger partial charge in [0.05, 0.1) is 17.9 Å². The Labute approximate surface area is 146 Å². The molecule has 24 heavy (non-hydrogen) atoms. The van der Waals surface area contributed by atoms with E-state index in [0.717, 1.165) is 31.1 Å². The summed E-state index contributed by atoms with van der Waals surface area (Å²) in [5.41, 5.74) is 1.38. The van der Waals surface area contributed by atoms with Crippen molar-refractivity contribution in [1.29, 1.82) is 0 Å². The number of benzene rings is 1. The maximum absolute atomic E-state index is 12.5. The minimum absolute atomic E-state index is 0.0345. The smallest absolute Gasteiger partial charge is 0.238 e. The van der Waals surface area contributed by atoms with E-state index in [1.54, 1.807) is 23.1 Å². The third kappa shape index (κ3) is 4.55. The molecule has 1 heterocycles. The number of nitrogens with one attached hydrogen (secondary N) is 1. The molecule has 1 aromatic carbocycles. The maximum Gasteiger partial charge on any atom is 0.238 e. The fourth-order valence-corrected chi connectivity index (χ4v) is 2.92. The van der Waals surface area contributed by atoms with E-state index >= 15 is 0 Å².